The number of hydrogen-bond donors (Lipinski definition) is 1. The third-order valence-electron chi connectivity index (χ3n) is 2.58. The first-order valence-corrected chi connectivity index (χ1v) is 6.74. The molecule has 14 heavy (non-hydrogen) atoms. The number of sulfone groups is 1. The van der Waals surface area contributed by atoms with Crippen molar-refractivity contribution < 1.29 is 13.2 Å². The summed E-state index contributed by atoms with van der Waals surface area (Å²) in [5, 5.41) is 3.29. The second-order valence-corrected chi connectivity index (χ2v) is 6.36. The molecule has 1 saturated heterocycles. The van der Waals surface area contributed by atoms with Gasteiger partial charge in [0.2, 0.25) is 0 Å². The van der Waals surface area contributed by atoms with E-state index in [0.717, 1.165) is 26.0 Å². The molecule has 1 aliphatic heterocycles. The van der Waals surface area contributed by atoms with Crippen molar-refractivity contribution in [3.8, 4) is 0 Å². The van der Waals surface area contributed by atoms with Crippen molar-refractivity contribution in [1.82, 2.24) is 5.32 Å². The summed E-state index contributed by atoms with van der Waals surface area (Å²) >= 11 is 0. The number of rotatable bonds is 5. The van der Waals surface area contributed by atoms with E-state index in [9.17, 15) is 8.42 Å². The van der Waals surface area contributed by atoms with Crippen molar-refractivity contribution in [1.29, 1.82) is 0 Å². The van der Waals surface area contributed by atoms with Gasteiger partial charge in [0, 0.05) is 19.3 Å². The van der Waals surface area contributed by atoms with Gasteiger partial charge in [0.15, 0.2) is 9.84 Å². The Balaban J connectivity index is 2.30. The molecule has 0 aromatic carbocycles. The minimum absolute atomic E-state index is 0.216. The van der Waals surface area contributed by atoms with Crippen LogP contribution in [-0.2, 0) is 14.6 Å². The van der Waals surface area contributed by atoms with Crippen LogP contribution < -0.4 is 5.32 Å². The maximum atomic E-state index is 11.3. The van der Waals surface area contributed by atoms with Gasteiger partial charge in [-0.2, -0.15) is 0 Å². The van der Waals surface area contributed by atoms with Crippen molar-refractivity contribution >= 4 is 9.84 Å². The average molecular weight is 221 g/mol. The monoisotopic (exact) mass is 221 g/mol. The fraction of sp³-hybridized carbons (Fsp3) is 1.00. The van der Waals surface area contributed by atoms with E-state index in [0.29, 0.717) is 5.75 Å². The topological polar surface area (TPSA) is 55.4 Å². The van der Waals surface area contributed by atoms with Crippen LogP contribution in [0.4, 0.5) is 0 Å². The number of nitrogens with one attached hydrogen (secondary N) is 1. The van der Waals surface area contributed by atoms with E-state index in [1.165, 1.54) is 0 Å². The van der Waals surface area contributed by atoms with Gasteiger partial charge in [-0.25, -0.2) is 8.42 Å². The van der Waals surface area contributed by atoms with Gasteiger partial charge in [0.1, 0.15) is 0 Å². The Labute approximate surface area is 85.9 Å². The third kappa shape index (κ3) is 3.55. The quantitative estimate of drug-likeness (QED) is 0.673. The molecule has 4 nitrogen and oxygen atoms in total. The van der Waals surface area contributed by atoms with E-state index in [4.69, 9.17) is 4.74 Å². The Bertz CT molecular complexity index is 276. The molecule has 5 heteroatoms. The first-order chi connectivity index (χ1) is 6.47. The highest BCUT2D eigenvalue weighted by molar-refractivity contribution is 7.91. The summed E-state index contributed by atoms with van der Waals surface area (Å²) in [4.78, 5) is 0. The van der Waals surface area contributed by atoms with Gasteiger partial charge in [0.25, 0.3) is 0 Å². The van der Waals surface area contributed by atoms with E-state index in [-0.39, 0.29) is 11.3 Å². The zero-order valence-electron chi connectivity index (χ0n) is 8.88. The molecule has 1 unspecified atom stereocenters. The minimum Gasteiger partial charge on any atom is -0.385 e. The summed E-state index contributed by atoms with van der Waals surface area (Å²) in [7, 11) is -1.12. The molecule has 0 amide bonds. The van der Waals surface area contributed by atoms with Gasteiger partial charge < -0.3 is 10.1 Å². The lowest BCUT2D eigenvalue weighted by atomic mass is 10.0. The van der Waals surface area contributed by atoms with Crippen molar-refractivity contribution in [2.75, 3.05) is 31.8 Å². The fourth-order valence-corrected chi connectivity index (χ4v) is 3.88. The molecular formula is C9H19NO3S. The molecule has 0 aliphatic carbocycles. The van der Waals surface area contributed by atoms with Crippen LogP contribution in [0.5, 0.6) is 0 Å². The molecular weight excluding hydrogens is 202 g/mol. The van der Waals surface area contributed by atoms with Gasteiger partial charge in [-0.15, -0.1) is 0 Å². The maximum Gasteiger partial charge on any atom is 0.152 e. The summed E-state index contributed by atoms with van der Waals surface area (Å²) in [6, 6.07) is 0. The Hall–Kier alpha value is -0.130. The Kier molecular flexibility index (Phi) is 3.92. The second kappa shape index (κ2) is 4.59. The summed E-state index contributed by atoms with van der Waals surface area (Å²) < 4.78 is 27.5. The van der Waals surface area contributed by atoms with Crippen LogP contribution in [0.25, 0.3) is 0 Å². The Morgan fingerprint density at radius 1 is 1.50 bits per heavy atom. The molecule has 0 saturated carbocycles. The smallest absolute Gasteiger partial charge is 0.152 e. The van der Waals surface area contributed by atoms with Gasteiger partial charge in [0.05, 0.1) is 11.5 Å². The lowest BCUT2D eigenvalue weighted by molar-refractivity contribution is 0.191. The zero-order chi connectivity index (χ0) is 10.7. The summed E-state index contributed by atoms with van der Waals surface area (Å²) in [6.45, 7) is 3.51. The van der Waals surface area contributed by atoms with Crippen molar-refractivity contribution in [2.45, 2.75) is 25.3 Å². The van der Waals surface area contributed by atoms with E-state index >= 15 is 0 Å². The number of methoxy groups -OCH3 is 1. The highest BCUT2D eigenvalue weighted by Crippen LogP contribution is 2.22. The first kappa shape index (κ1) is 11.9. The Morgan fingerprint density at radius 3 is 2.71 bits per heavy atom. The van der Waals surface area contributed by atoms with Crippen LogP contribution in [-0.4, -0.2) is 45.7 Å². The number of hydrogen-bond acceptors (Lipinski definition) is 4. The largest absolute Gasteiger partial charge is 0.385 e. The van der Waals surface area contributed by atoms with Crippen LogP contribution in [0.15, 0.2) is 0 Å². The fourth-order valence-electron chi connectivity index (χ4n) is 1.76. The molecule has 1 rings (SSSR count). The predicted octanol–water partition coefficient (Wildman–Crippen LogP) is 0.190. The molecule has 0 radical (unpaired) electrons. The molecule has 1 N–H and O–H groups in total. The van der Waals surface area contributed by atoms with Crippen LogP contribution in [0, 0.1) is 0 Å². The normalized spacial score (nSPS) is 30.7. The molecule has 1 heterocycles. The lowest BCUT2D eigenvalue weighted by Crippen LogP contribution is -2.44. The average Bonchev–Trinajstić information content (AvgIpc) is 2.36. The molecule has 0 aromatic rings. The van der Waals surface area contributed by atoms with Gasteiger partial charge in [-0.1, -0.05) is 0 Å². The van der Waals surface area contributed by atoms with Crippen LogP contribution in [0.3, 0.4) is 0 Å². The van der Waals surface area contributed by atoms with E-state index in [1.54, 1.807) is 7.11 Å². The molecule has 1 fully saturated rings. The highest BCUT2D eigenvalue weighted by Gasteiger charge is 2.37. The van der Waals surface area contributed by atoms with E-state index in [2.05, 4.69) is 5.32 Å². The maximum absolute atomic E-state index is 11.3. The van der Waals surface area contributed by atoms with E-state index < -0.39 is 9.84 Å². The summed E-state index contributed by atoms with van der Waals surface area (Å²) in [5.74, 6) is 0.591. The van der Waals surface area contributed by atoms with Crippen molar-refractivity contribution in [3.05, 3.63) is 0 Å². The molecule has 0 bridgehead atoms. The zero-order valence-corrected chi connectivity index (χ0v) is 9.69. The first-order valence-electron chi connectivity index (χ1n) is 4.92. The van der Waals surface area contributed by atoms with Crippen LogP contribution >= 0.6 is 0 Å². The van der Waals surface area contributed by atoms with E-state index in [1.807, 2.05) is 6.92 Å². The molecule has 0 spiro atoms. The van der Waals surface area contributed by atoms with Gasteiger partial charge in [-0.3, -0.25) is 0 Å². The summed E-state index contributed by atoms with van der Waals surface area (Å²) in [5.41, 5.74) is -0.216. The molecule has 0 aromatic heterocycles. The lowest BCUT2D eigenvalue weighted by Gasteiger charge is -2.23. The van der Waals surface area contributed by atoms with Crippen molar-refractivity contribution in [2.24, 2.45) is 0 Å². The van der Waals surface area contributed by atoms with Crippen LogP contribution in [0.1, 0.15) is 19.8 Å². The molecule has 1 aliphatic rings. The highest BCUT2D eigenvalue weighted by atomic mass is 32.2. The predicted molar refractivity (Wildman–Crippen MR) is 56.2 cm³/mol. The van der Waals surface area contributed by atoms with Crippen LogP contribution in [0.2, 0.25) is 0 Å². The second-order valence-electron chi connectivity index (χ2n) is 4.18. The van der Waals surface area contributed by atoms with Gasteiger partial charge in [-0.05, 0) is 26.3 Å². The molecule has 84 valence electrons. The Morgan fingerprint density at radius 2 is 2.21 bits per heavy atom. The molecule has 1 atom stereocenters. The third-order valence-corrected chi connectivity index (χ3v) is 4.48. The number of ether oxygens (including phenoxy) is 1. The summed E-state index contributed by atoms with van der Waals surface area (Å²) in [6.07, 6.45) is 1.65. The van der Waals surface area contributed by atoms with Crippen molar-refractivity contribution in [3.63, 3.8) is 0 Å². The van der Waals surface area contributed by atoms with Gasteiger partial charge >= 0.3 is 0 Å². The minimum atomic E-state index is -2.79. The SMILES string of the molecule is COCCCNC1(C)CCS(=O)(=O)C1. The standard InChI is InChI=1S/C9H19NO3S/c1-9(10-5-3-6-13-2)4-7-14(11,12)8-9/h10H,3-8H2,1-2H3.